The average Bonchev–Trinajstić information content (AvgIpc) is 2.51. The van der Waals surface area contributed by atoms with Crippen molar-refractivity contribution < 1.29 is 23.7 Å². The van der Waals surface area contributed by atoms with Gasteiger partial charge in [-0.2, -0.15) is 0 Å². The van der Waals surface area contributed by atoms with Crippen LogP contribution in [0, 0.1) is 0 Å². The molecule has 0 saturated carbocycles. The molecule has 0 spiro atoms. The third-order valence-electron chi connectivity index (χ3n) is 2.86. The molecule has 0 unspecified atom stereocenters. The van der Waals surface area contributed by atoms with E-state index in [0.717, 1.165) is 12.0 Å². The van der Waals surface area contributed by atoms with E-state index in [1.807, 2.05) is 12.1 Å². The molecule has 0 radical (unpaired) electrons. The van der Waals surface area contributed by atoms with Crippen LogP contribution in [-0.4, -0.2) is 54.3 Å². The van der Waals surface area contributed by atoms with Gasteiger partial charge in [-0.3, -0.25) is 0 Å². The summed E-state index contributed by atoms with van der Waals surface area (Å²) in [5.74, 6) is 1.85. The normalized spacial score (nSPS) is 10.5. The van der Waals surface area contributed by atoms with Gasteiger partial charge in [0.05, 0.1) is 34.0 Å². The number of hydrogen-bond acceptors (Lipinski definition) is 6. The number of ether oxygens (including phenoxy) is 5. The molecule has 120 valence electrons. The Morgan fingerprint density at radius 2 is 1.52 bits per heavy atom. The second-order valence-corrected chi connectivity index (χ2v) is 4.32. The first kappa shape index (κ1) is 17.6. The molecule has 0 aliphatic rings. The molecule has 1 aromatic rings. The molecule has 0 aliphatic heterocycles. The molecule has 0 saturated heterocycles. The van der Waals surface area contributed by atoms with Gasteiger partial charge in [0.25, 0.3) is 0 Å². The zero-order valence-corrected chi connectivity index (χ0v) is 13.0. The highest BCUT2D eigenvalue weighted by molar-refractivity contribution is 5.54. The molecule has 6 nitrogen and oxygen atoms in total. The van der Waals surface area contributed by atoms with E-state index in [1.165, 1.54) is 0 Å². The van der Waals surface area contributed by atoms with Crippen molar-refractivity contribution in [3.05, 3.63) is 17.7 Å². The molecule has 2 N–H and O–H groups in total. The summed E-state index contributed by atoms with van der Waals surface area (Å²) in [5, 5.41) is 0. The Labute approximate surface area is 126 Å². The minimum absolute atomic E-state index is 0.409. The average molecular weight is 299 g/mol. The lowest BCUT2D eigenvalue weighted by atomic mass is 10.1. The van der Waals surface area contributed by atoms with Gasteiger partial charge in [0.15, 0.2) is 11.5 Å². The van der Waals surface area contributed by atoms with Crippen molar-refractivity contribution in [2.45, 2.75) is 6.42 Å². The van der Waals surface area contributed by atoms with Gasteiger partial charge in [-0.05, 0) is 30.7 Å². The minimum Gasteiger partial charge on any atom is -0.493 e. The second-order valence-electron chi connectivity index (χ2n) is 4.32. The van der Waals surface area contributed by atoms with Crippen molar-refractivity contribution in [2.24, 2.45) is 5.73 Å². The van der Waals surface area contributed by atoms with E-state index in [-0.39, 0.29) is 0 Å². The molecule has 21 heavy (non-hydrogen) atoms. The van der Waals surface area contributed by atoms with E-state index in [0.29, 0.717) is 50.2 Å². The van der Waals surface area contributed by atoms with Crippen LogP contribution < -0.4 is 19.9 Å². The summed E-state index contributed by atoms with van der Waals surface area (Å²) in [6.07, 6.45) is 0.757. The maximum absolute atomic E-state index is 5.72. The largest absolute Gasteiger partial charge is 0.493 e. The van der Waals surface area contributed by atoms with Crippen LogP contribution in [0.2, 0.25) is 0 Å². The Bertz CT molecular complexity index is 386. The van der Waals surface area contributed by atoms with Crippen LogP contribution >= 0.6 is 0 Å². The Hall–Kier alpha value is -1.50. The van der Waals surface area contributed by atoms with Crippen molar-refractivity contribution in [1.29, 1.82) is 0 Å². The molecule has 0 atom stereocenters. The Balaban J connectivity index is 2.66. The number of nitrogens with two attached hydrogens (primary N) is 1. The van der Waals surface area contributed by atoms with E-state index >= 15 is 0 Å². The lowest BCUT2D eigenvalue weighted by Gasteiger charge is -2.16. The van der Waals surface area contributed by atoms with Crippen molar-refractivity contribution in [2.75, 3.05) is 54.3 Å². The van der Waals surface area contributed by atoms with E-state index in [4.69, 9.17) is 29.4 Å². The third-order valence-corrected chi connectivity index (χ3v) is 2.86. The molecule has 6 heteroatoms. The third kappa shape index (κ3) is 5.79. The summed E-state index contributed by atoms with van der Waals surface area (Å²) >= 11 is 0. The van der Waals surface area contributed by atoms with E-state index < -0.39 is 0 Å². The van der Waals surface area contributed by atoms with Crippen molar-refractivity contribution in [3.63, 3.8) is 0 Å². The fraction of sp³-hybridized carbons (Fsp3) is 0.600. The molecule has 1 aromatic carbocycles. The quantitative estimate of drug-likeness (QED) is 0.620. The predicted molar refractivity (Wildman–Crippen MR) is 80.5 cm³/mol. The lowest BCUT2D eigenvalue weighted by molar-refractivity contribution is 0.0535. The standard InChI is InChI=1S/C15H25NO5/c1-17-6-7-20-8-9-21-15-13(18-2)10-12(4-5-16)11-14(15)19-3/h10-11H,4-9,16H2,1-3H3. The highest BCUT2D eigenvalue weighted by Gasteiger charge is 2.14. The summed E-state index contributed by atoms with van der Waals surface area (Å²) in [7, 11) is 4.84. The van der Waals surface area contributed by atoms with Crippen LogP contribution in [-0.2, 0) is 15.9 Å². The molecule has 0 bridgehead atoms. The first-order valence-electron chi connectivity index (χ1n) is 6.91. The van der Waals surface area contributed by atoms with Crippen molar-refractivity contribution in [3.8, 4) is 17.2 Å². The minimum atomic E-state index is 0.409. The first-order chi connectivity index (χ1) is 10.3. The van der Waals surface area contributed by atoms with E-state index in [9.17, 15) is 0 Å². The smallest absolute Gasteiger partial charge is 0.203 e. The van der Waals surface area contributed by atoms with Crippen LogP contribution in [0.1, 0.15) is 5.56 Å². The van der Waals surface area contributed by atoms with E-state index in [1.54, 1.807) is 21.3 Å². The second kappa shape index (κ2) is 10.3. The maximum atomic E-state index is 5.72. The van der Waals surface area contributed by atoms with Crippen LogP contribution in [0.25, 0.3) is 0 Å². The molecular weight excluding hydrogens is 274 g/mol. The monoisotopic (exact) mass is 299 g/mol. The summed E-state index contributed by atoms with van der Waals surface area (Å²) < 4.78 is 26.7. The zero-order chi connectivity index (χ0) is 15.5. The van der Waals surface area contributed by atoms with Gasteiger partial charge < -0.3 is 29.4 Å². The van der Waals surface area contributed by atoms with Crippen molar-refractivity contribution >= 4 is 0 Å². The van der Waals surface area contributed by atoms with Crippen LogP contribution in [0.15, 0.2) is 12.1 Å². The first-order valence-corrected chi connectivity index (χ1v) is 6.91. The van der Waals surface area contributed by atoms with Gasteiger partial charge in [0.2, 0.25) is 5.75 Å². The Morgan fingerprint density at radius 1 is 0.905 bits per heavy atom. The highest BCUT2D eigenvalue weighted by atomic mass is 16.6. The van der Waals surface area contributed by atoms with Crippen LogP contribution in [0.3, 0.4) is 0 Å². The van der Waals surface area contributed by atoms with Gasteiger partial charge in [-0.15, -0.1) is 0 Å². The van der Waals surface area contributed by atoms with Crippen LogP contribution in [0.5, 0.6) is 17.2 Å². The molecule has 0 aliphatic carbocycles. The highest BCUT2D eigenvalue weighted by Crippen LogP contribution is 2.38. The summed E-state index contributed by atoms with van der Waals surface area (Å²) in [6.45, 7) is 2.57. The van der Waals surface area contributed by atoms with Crippen molar-refractivity contribution in [1.82, 2.24) is 0 Å². The number of benzene rings is 1. The number of hydrogen-bond donors (Lipinski definition) is 1. The molecule has 0 heterocycles. The topological polar surface area (TPSA) is 72.2 Å². The molecule has 1 rings (SSSR count). The van der Waals surface area contributed by atoms with E-state index in [2.05, 4.69) is 0 Å². The molecule has 0 amide bonds. The van der Waals surface area contributed by atoms with Gasteiger partial charge in [-0.25, -0.2) is 0 Å². The fourth-order valence-corrected chi connectivity index (χ4v) is 1.83. The van der Waals surface area contributed by atoms with Gasteiger partial charge in [-0.1, -0.05) is 0 Å². The lowest BCUT2D eigenvalue weighted by Crippen LogP contribution is -2.11. The van der Waals surface area contributed by atoms with Crippen LogP contribution in [0.4, 0.5) is 0 Å². The SMILES string of the molecule is COCCOCCOc1c(OC)cc(CCN)cc1OC. The number of methoxy groups -OCH3 is 3. The molecule has 0 fully saturated rings. The Morgan fingerprint density at radius 3 is 2.05 bits per heavy atom. The van der Waals surface area contributed by atoms with Gasteiger partial charge in [0.1, 0.15) is 6.61 Å². The summed E-state index contributed by atoms with van der Waals surface area (Å²) in [4.78, 5) is 0. The zero-order valence-electron chi connectivity index (χ0n) is 13.0. The molecule has 0 aromatic heterocycles. The predicted octanol–water partition coefficient (Wildman–Crippen LogP) is 1.25. The summed E-state index contributed by atoms with van der Waals surface area (Å²) in [5.41, 5.74) is 6.63. The summed E-state index contributed by atoms with van der Waals surface area (Å²) in [6, 6.07) is 3.83. The maximum Gasteiger partial charge on any atom is 0.203 e. The Kier molecular flexibility index (Phi) is 8.57. The van der Waals surface area contributed by atoms with Gasteiger partial charge >= 0.3 is 0 Å². The number of rotatable bonds is 11. The van der Waals surface area contributed by atoms with Gasteiger partial charge in [0, 0.05) is 7.11 Å². The molecular formula is C15H25NO5. The fourth-order valence-electron chi connectivity index (χ4n) is 1.83.